The van der Waals surface area contributed by atoms with Crippen molar-refractivity contribution in [3.05, 3.63) is 49.6 Å². The minimum atomic E-state index is -1.50. The Bertz CT molecular complexity index is 919. The van der Waals surface area contributed by atoms with E-state index < -0.39 is 23.3 Å². The summed E-state index contributed by atoms with van der Waals surface area (Å²) in [4.78, 5) is 49.1. The third-order valence-corrected chi connectivity index (χ3v) is 5.08. The number of carbonyl (C=O) groups excluding carboxylic acids is 4. The molecule has 3 rings (SSSR count). The van der Waals surface area contributed by atoms with Crippen LogP contribution in [0.1, 0.15) is 38.0 Å². The Kier molecular flexibility index (Phi) is 4.29. The van der Waals surface area contributed by atoms with Crippen LogP contribution in [0, 0.1) is 5.92 Å². The number of benzene rings is 1. The van der Waals surface area contributed by atoms with Gasteiger partial charge in [0.05, 0.1) is 15.6 Å². The van der Waals surface area contributed by atoms with Gasteiger partial charge in [-0.05, 0) is 12.1 Å². The predicted molar refractivity (Wildman–Crippen MR) is 91.6 cm³/mol. The van der Waals surface area contributed by atoms with E-state index in [0.29, 0.717) is 0 Å². The zero-order chi connectivity index (χ0) is 17.6. The van der Waals surface area contributed by atoms with E-state index in [-0.39, 0.29) is 37.0 Å². The lowest BCUT2D eigenvalue weighted by Crippen LogP contribution is -2.25. The van der Waals surface area contributed by atoms with Gasteiger partial charge < -0.3 is 5.32 Å². The molecule has 1 amide bonds. The summed E-state index contributed by atoms with van der Waals surface area (Å²) in [6.07, 6.45) is 0. The van der Waals surface area contributed by atoms with Gasteiger partial charge in [-0.25, -0.2) is 0 Å². The molecule has 2 aromatic rings. The molecular weight excluding hydrogens is 373 g/mol. The number of thiophene rings is 1. The number of nitrogens with one attached hydrogen (secondary N) is 1. The fourth-order valence-corrected chi connectivity index (χ4v) is 4.11. The number of hydrogen-bond donors (Lipinski definition) is 1. The number of fused-ring (bicyclic) bond motifs is 1. The third kappa shape index (κ3) is 2.66. The molecule has 1 atom stereocenters. The van der Waals surface area contributed by atoms with Gasteiger partial charge in [0.2, 0.25) is 5.91 Å². The van der Waals surface area contributed by atoms with Gasteiger partial charge in [0.15, 0.2) is 17.3 Å². The van der Waals surface area contributed by atoms with Gasteiger partial charge in [0.1, 0.15) is 10.3 Å². The Balaban J connectivity index is 2.06. The number of Topliss-reactive ketones (excluding diaryl/α,β-unsaturated/α-hetero) is 3. The maximum Gasteiger partial charge on any atom is 0.221 e. The van der Waals surface area contributed by atoms with Crippen molar-refractivity contribution < 1.29 is 19.2 Å². The second-order valence-electron chi connectivity index (χ2n) is 5.17. The highest BCUT2D eigenvalue weighted by Crippen LogP contribution is 2.38. The highest BCUT2D eigenvalue weighted by Gasteiger charge is 2.45. The number of rotatable bonds is 3. The molecule has 8 heteroatoms. The predicted octanol–water partition coefficient (Wildman–Crippen LogP) is 3.89. The first-order valence-corrected chi connectivity index (χ1v) is 8.36. The number of hydrogen-bond acceptors (Lipinski definition) is 5. The van der Waals surface area contributed by atoms with Crippen molar-refractivity contribution in [2.75, 3.05) is 5.32 Å². The molecule has 0 saturated heterocycles. The molecule has 1 N–H and O–H groups in total. The van der Waals surface area contributed by atoms with Crippen molar-refractivity contribution in [3.8, 4) is 0 Å². The SMILES string of the molecule is CC(=O)Nc1cccc2c1C(=O)C(C(=O)c1cc(Cl)sc1Cl)C2=O. The zero-order valence-electron chi connectivity index (χ0n) is 12.2. The number of anilines is 1. The van der Waals surface area contributed by atoms with Crippen LogP contribution >= 0.6 is 34.5 Å². The van der Waals surface area contributed by atoms with E-state index >= 15 is 0 Å². The summed E-state index contributed by atoms with van der Waals surface area (Å²) in [5.41, 5.74) is 0.422. The molecule has 0 bridgehead atoms. The molecular formula is C16H9Cl2NO4S. The van der Waals surface area contributed by atoms with E-state index in [2.05, 4.69) is 5.32 Å². The van der Waals surface area contributed by atoms with Crippen LogP contribution in [0.25, 0.3) is 0 Å². The van der Waals surface area contributed by atoms with Crippen LogP contribution in [0.4, 0.5) is 5.69 Å². The molecule has 0 radical (unpaired) electrons. The van der Waals surface area contributed by atoms with Gasteiger partial charge in [-0.3, -0.25) is 19.2 Å². The monoisotopic (exact) mass is 381 g/mol. The molecule has 0 saturated carbocycles. The Morgan fingerprint density at radius 3 is 2.46 bits per heavy atom. The normalized spacial score (nSPS) is 16.2. The van der Waals surface area contributed by atoms with Crippen LogP contribution in [0.15, 0.2) is 24.3 Å². The van der Waals surface area contributed by atoms with Crippen LogP contribution in [0.3, 0.4) is 0 Å². The summed E-state index contributed by atoms with van der Waals surface area (Å²) in [6.45, 7) is 1.29. The van der Waals surface area contributed by atoms with Crippen LogP contribution in [0.2, 0.25) is 8.67 Å². The average molecular weight is 382 g/mol. The minimum Gasteiger partial charge on any atom is -0.326 e. The van der Waals surface area contributed by atoms with E-state index in [9.17, 15) is 19.2 Å². The third-order valence-electron chi connectivity index (χ3n) is 3.60. The second kappa shape index (κ2) is 6.12. The molecule has 122 valence electrons. The fraction of sp³-hybridized carbons (Fsp3) is 0.125. The number of halogens is 2. The standard InChI is InChI=1S/C16H9Cl2NO4S/c1-6(20)19-9-4-2-3-7-11(9)15(23)12(13(7)21)14(22)8-5-10(17)24-16(8)18/h2-5,12H,1H3,(H,19,20). The largest absolute Gasteiger partial charge is 0.326 e. The molecule has 0 aliphatic heterocycles. The first-order valence-electron chi connectivity index (χ1n) is 6.79. The van der Waals surface area contributed by atoms with Crippen LogP contribution in [0.5, 0.6) is 0 Å². The van der Waals surface area contributed by atoms with E-state index in [0.717, 1.165) is 11.3 Å². The van der Waals surface area contributed by atoms with E-state index in [1.165, 1.54) is 31.2 Å². The molecule has 1 aromatic carbocycles. The van der Waals surface area contributed by atoms with Crippen LogP contribution < -0.4 is 5.32 Å². The second-order valence-corrected chi connectivity index (χ2v) is 7.46. The quantitative estimate of drug-likeness (QED) is 0.645. The molecule has 1 unspecified atom stereocenters. The first-order chi connectivity index (χ1) is 11.3. The summed E-state index contributed by atoms with van der Waals surface area (Å²) in [6, 6.07) is 5.84. The highest BCUT2D eigenvalue weighted by molar-refractivity contribution is 7.20. The Hall–Kier alpha value is -2.02. The van der Waals surface area contributed by atoms with Crippen molar-refractivity contribution in [2.24, 2.45) is 5.92 Å². The van der Waals surface area contributed by atoms with Crippen molar-refractivity contribution in [3.63, 3.8) is 0 Å². The minimum absolute atomic E-state index is 0.0484. The molecule has 1 heterocycles. The van der Waals surface area contributed by atoms with E-state index in [4.69, 9.17) is 23.2 Å². The van der Waals surface area contributed by atoms with Crippen molar-refractivity contribution in [1.29, 1.82) is 0 Å². The molecule has 5 nitrogen and oxygen atoms in total. The summed E-state index contributed by atoms with van der Waals surface area (Å²) < 4.78 is 0.418. The smallest absolute Gasteiger partial charge is 0.221 e. The van der Waals surface area contributed by atoms with E-state index in [1.807, 2.05) is 0 Å². The van der Waals surface area contributed by atoms with Gasteiger partial charge >= 0.3 is 0 Å². The molecule has 1 aliphatic rings. The molecule has 0 spiro atoms. The van der Waals surface area contributed by atoms with Gasteiger partial charge in [-0.15, -0.1) is 11.3 Å². The Labute approximate surface area is 150 Å². The first kappa shape index (κ1) is 16.8. The Morgan fingerprint density at radius 1 is 1.17 bits per heavy atom. The topological polar surface area (TPSA) is 80.3 Å². The highest BCUT2D eigenvalue weighted by atomic mass is 35.5. The molecule has 0 fully saturated rings. The molecule has 24 heavy (non-hydrogen) atoms. The van der Waals surface area contributed by atoms with Crippen LogP contribution in [-0.4, -0.2) is 23.3 Å². The lowest BCUT2D eigenvalue weighted by molar-refractivity contribution is -0.114. The summed E-state index contributed by atoms with van der Waals surface area (Å²) in [5.74, 6) is -3.83. The van der Waals surface area contributed by atoms with Gasteiger partial charge in [0.25, 0.3) is 0 Å². The van der Waals surface area contributed by atoms with Crippen molar-refractivity contribution in [2.45, 2.75) is 6.92 Å². The summed E-state index contributed by atoms with van der Waals surface area (Å²) in [5, 5.41) is 2.50. The van der Waals surface area contributed by atoms with Gasteiger partial charge in [-0.1, -0.05) is 35.3 Å². The zero-order valence-corrected chi connectivity index (χ0v) is 14.5. The van der Waals surface area contributed by atoms with Crippen molar-refractivity contribution in [1.82, 2.24) is 0 Å². The average Bonchev–Trinajstić information content (AvgIpc) is 2.96. The van der Waals surface area contributed by atoms with Gasteiger partial charge in [-0.2, -0.15) is 0 Å². The van der Waals surface area contributed by atoms with Crippen LogP contribution in [-0.2, 0) is 4.79 Å². The summed E-state index contributed by atoms with van der Waals surface area (Å²) >= 11 is 12.8. The number of amides is 1. The maximum absolute atomic E-state index is 12.7. The fourth-order valence-electron chi connectivity index (χ4n) is 2.64. The maximum atomic E-state index is 12.7. The Morgan fingerprint density at radius 2 is 1.88 bits per heavy atom. The number of carbonyl (C=O) groups is 4. The number of ketones is 3. The van der Waals surface area contributed by atoms with E-state index in [1.54, 1.807) is 0 Å². The lowest BCUT2D eigenvalue weighted by atomic mass is 9.94. The van der Waals surface area contributed by atoms with Crippen molar-refractivity contribution >= 4 is 63.5 Å². The lowest BCUT2D eigenvalue weighted by Gasteiger charge is -2.07. The molecule has 1 aliphatic carbocycles. The summed E-state index contributed by atoms with van der Waals surface area (Å²) in [7, 11) is 0. The molecule has 1 aromatic heterocycles. The van der Waals surface area contributed by atoms with Gasteiger partial charge in [0, 0.05) is 18.1 Å².